The number of aryl methyl sites for hydroxylation is 1. The minimum absolute atomic E-state index is 0.215. The first kappa shape index (κ1) is 18.8. The fraction of sp³-hybridized carbons (Fsp3) is 0.217. The van der Waals surface area contributed by atoms with Gasteiger partial charge in [-0.2, -0.15) is 0 Å². The SMILES string of the molecule is C[C@@H](O)c1cccc(-c2ccc(CCC(=O)OCc3ccccc3)cn2)c1. The number of aliphatic hydroxyl groups excluding tert-OH is 1. The van der Waals surface area contributed by atoms with E-state index < -0.39 is 6.10 Å². The molecular weight excluding hydrogens is 338 g/mol. The number of ether oxygens (including phenoxy) is 1. The van der Waals surface area contributed by atoms with Gasteiger partial charge in [0.05, 0.1) is 11.8 Å². The fourth-order valence-corrected chi connectivity index (χ4v) is 2.76. The number of hydrogen-bond acceptors (Lipinski definition) is 4. The molecule has 0 saturated heterocycles. The highest BCUT2D eigenvalue weighted by molar-refractivity contribution is 5.69. The van der Waals surface area contributed by atoms with Gasteiger partial charge in [0.25, 0.3) is 0 Å². The first-order valence-corrected chi connectivity index (χ1v) is 9.05. The van der Waals surface area contributed by atoms with Gasteiger partial charge >= 0.3 is 5.97 Å². The summed E-state index contributed by atoms with van der Waals surface area (Å²) in [5.74, 6) is -0.215. The highest BCUT2D eigenvalue weighted by atomic mass is 16.5. The third-order valence-electron chi connectivity index (χ3n) is 4.35. The quantitative estimate of drug-likeness (QED) is 0.631. The average molecular weight is 361 g/mol. The number of aromatic nitrogens is 1. The Labute approximate surface area is 159 Å². The van der Waals surface area contributed by atoms with Crippen LogP contribution in [0.25, 0.3) is 11.3 Å². The number of benzene rings is 2. The summed E-state index contributed by atoms with van der Waals surface area (Å²) >= 11 is 0. The summed E-state index contributed by atoms with van der Waals surface area (Å²) in [7, 11) is 0. The zero-order valence-electron chi connectivity index (χ0n) is 15.3. The minimum atomic E-state index is -0.508. The lowest BCUT2D eigenvalue weighted by Gasteiger charge is -2.08. The number of pyridine rings is 1. The lowest BCUT2D eigenvalue weighted by Crippen LogP contribution is -2.06. The molecular formula is C23H23NO3. The molecule has 1 atom stereocenters. The average Bonchev–Trinajstić information content (AvgIpc) is 2.72. The van der Waals surface area contributed by atoms with Gasteiger partial charge in [-0.15, -0.1) is 0 Å². The molecule has 27 heavy (non-hydrogen) atoms. The minimum Gasteiger partial charge on any atom is -0.461 e. The van der Waals surface area contributed by atoms with Crippen LogP contribution in [0.4, 0.5) is 0 Å². The molecule has 3 rings (SSSR count). The second kappa shape index (κ2) is 9.10. The summed E-state index contributed by atoms with van der Waals surface area (Å²) in [6.45, 7) is 2.04. The fourth-order valence-electron chi connectivity index (χ4n) is 2.76. The van der Waals surface area contributed by atoms with E-state index >= 15 is 0 Å². The van der Waals surface area contributed by atoms with E-state index in [1.165, 1.54) is 0 Å². The van der Waals surface area contributed by atoms with Gasteiger partial charge in [0.1, 0.15) is 6.61 Å². The van der Waals surface area contributed by atoms with Gasteiger partial charge in [0, 0.05) is 18.2 Å². The van der Waals surface area contributed by atoms with Gasteiger partial charge in [-0.25, -0.2) is 0 Å². The number of esters is 1. The zero-order valence-corrected chi connectivity index (χ0v) is 15.3. The van der Waals surface area contributed by atoms with Crippen LogP contribution in [0.2, 0.25) is 0 Å². The summed E-state index contributed by atoms with van der Waals surface area (Å²) in [6, 6.07) is 21.3. The van der Waals surface area contributed by atoms with Crippen LogP contribution < -0.4 is 0 Å². The Kier molecular flexibility index (Phi) is 6.34. The zero-order chi connectivity index (χ0) is 19.1. The molecule has 0 bridgehead atoms. The highest BCUT2D eigenvalue weighted by Crippen LogP contribution is 2.22. The number of hydrogen-bond donors (Lipinski definition) is 1. The van der Waals surface area contributed by atoms with E-state index in [2.05, 4.69) is 4.98 Å². The predicted molar refractivity (Wildman–Crippen MR) is 105 cm³/mol. The largest absolute Gasteiger partial charge is 0.461 e. The van der Waals surface area contributed by atoms with E-state index in [-0.39, 0.29) is 5.97 Å². The number of carbonyl (C=O) groups is 1. The third-order valence-corrected chi connectivity index (χ3v) is 4.35. The van der Waals surface area contributed by atoms with Crippen LogP contribution in [0.1, 0.15) is 36.1 Å². The summed E-state index contributed by atoms with van der Waals surface area (Å²) in [5.41, 5.74) is 4.63. The first-order valence-electron chi connectivity index (χ1n) is 9.05. The predicted octanol–water partition coefficient (Wildman–Crippen LogP) is 4.48. The Morgan fingerprint density at radius 1 is 1.04 bits per heavy atom. The van der Waals surface area contributed by atoms with Crippen molar-refractivity contribution in [2.24, 2.45) is 0 Å². The first-order chi connectivity index (χ1) is 13.1. The van der Waals surface area contributed by atoms with Gasteiger partial charge in [-0.1, -0.05) is 54.6 Å². The molecule has 138 valence electrons. The van der Waals surface area contributed by atoms with Crippen molar-refractivity contribution < 1.29 is 14.6 Å². The van der Waals surface area contributed by atoms with Crippen LogP contribution in [-0.2, 0) is 22.6 Å². The molecule has 0 aliphatic heterocycles. The summed E-state index contributed by atoms with van der Waals surface area (Å²) in [5, 5.41) is 9.71. The maximum Gasteiger partial charge on any atom is 0.306 e. The second-order valence-corrected chi connectivity index (χ2v) is 6.50. The van der Waals surface area contributed by atoms with Crippen molar-refractivity contribution in [1.82, 2.24) is 4.98 Å². The van der Waals surface area contributed by atoms with E-state index in [9.17, 15) is 9.90 Å². The Hall–Kier alpha value is -2.98. The van der Waals surface area contributed by atoms with Crippen LogP contribution in [0.15, 0.2) is 72.9 Å². The van der Waals surface area contributed by atoms with E-state index in [0.717, 1.165) is 27.9 Å². The Bertz CT molecular complexity index is 874. The Morgan fingerprint density at radius 2 is 1.85 bits per heavy atom. The van der Waals surface area contributed by atoms with Gasteiger partial charge in [0.2, 0.25) is 0 Å². The number of nitrogens with zero attached hydrogens (tertiary/aromatic N) is 1. The smallest absolute Gasteiger partial charge is 0.306 e. The number of carbonyl (C=O) groups excluding carboxylic acids is 1. The standard InChI is InChI=1S/C23H23NO3/c1-17(25)20-8-5-9-21(14-20)22-12-10-18(15-24-22)11-13-23(26)27-16-19-6-3-2-4-7-19/h2-10,12,14-15,17,25H,11,13,16H2,1H3/t17-/m1/s1. The molecule has 4 heteroatoms. The normalized spacial score (nSPS) is 11.8. The molecule has 0 radical (unpaired) electrons. The summed E-state index contributed by atoms with van der Waals surface area (Å²) < 4.78 is 5.30. The molecule has 0 fully saturated rings. The van der Waals surface area contributed by atoms with Crippen LogP contribution >= 0.6 is 0 Å². The third kappa shape index (κ3) is 5.50. The van der Waals surface area contributed by atoms with Gasteiger partial charge < -0.3 is 9.84 Å². The van der Waals surface area contributed by atoms with Crippen LogP contribution in [-0.4, -0.2) is 16.1 Å². The van der Waals surface area contributed by atoms with E-state index in [0.29, 0.717) is 19.4 Å². The van der Waals surface area contributed by atoms with Crippen molar-refractivity contribution in [2.45, 2.75) is 32.5 Å². The molecule has 4 nitrogen and oxygen atoms in total. The molecule has 1 aromatic heterocycles. The molecule has 0 spiro atoms. The second-order valence-electron chi connectivity index (χ2n) is 6.50. The van der Waals surface area contributed by atoms with E-state index in [4.69, 9.17) is 4.74 Å². The lowest BCUT2D eigenvalue weighted by molar-refractivity contribution is -0.144. The van der Waals surface area contributed by atoms with E-state index in [1.54, 1.807) is 13.1 Å². The van der Waals surface area contributed by atoms with Crippen LogP contribution in [0, 0.1) is 0 Å². The molecule has 1 N–H and O–H groups in total. The maximum absolute atomic E-state index is 11.9. The van der Waals surface area contributed by atoms with Crippen molar-refractivity contribution in [3.63, 3.8) is 0 Å². The molecule has 0 aliphatic carbocycles. The Morgan fingerprint density at radius 3 is 2.56 bits per heavy atom. The maximum atomic E-state index is 11.9. The van der Waals surface area contributed by atoms with Crippen LogP contribution in [0.5, 0.6) is 0 Å². The van der Waals surface area contributed by atoms with Crippen molar-refractivity contribution in [2.75, 3.05) is 0 Å². The summed E-state index contributed by atoms with van der Waals surface area (Å²) in [6.07, 6.45) is 2.19. The van der Waals surface area contributed by atoms with Gasteiger partial charge in [-0.05, 0) is 42.2 Å². The van der Waals surface area contributed by atoms with E-state index in [1.807, 2.05) is 66.7 Å². The topological polar surface area (TPSA) is 59.4 Å². The highest BCUT2D eigenvalue weighted by Gasteiger charge is 2.07. The van der Waals surface area contributed by atoms with Gasteiger partial charge in [-0.3, -0.25) is 9.78 Å². The lowest BCUT2D eigenvalue weighted by atomic mass is 10.0. The molecule has 3 aromatic rings. The molecule has 0 saturated carbocycles. The number of rotatable bonds is 7. The van der Waals surface area contributed by atoms with Crippen molar-refractivity contribution in [3.05, 3.63) is 89.6 Å². The molecule has 0 unspecified atom stereocenters. The molecule has 0 aliphatic rings. The number of aliphatic hydroxyl groups is 1. The molecule has 2 aromatic carbocycles. The Balaban J connectivity index is 1.53. The molecule has 1 heterocycles. The van der Waals surface area contributed by atoms with Gasteiger partial charge in [0.15, 0.2) is 0 Å². The van der Waals surface area contributed by atoms with Crippen LogP contribution in [0.3, 0.4) is 0 Å². The van der Waals surface area contributed by atoms with Crippen molar-refractivity contribution in [3.8, 4) is 11.3 Å². The monoisotopic (exact) mass is 361 g/mol. The van der Waals surface area contributed by atoms with Crippen molar-refractivity contribution in [1.29, 1.82) is 0 Å². The van der Waals surface area contributed by atoms with Crippen molar-refractivity contribution >= 4 is 5.97 Å². The molecule has 0 amide bonds. The summed E-state index contributed by atoms with van der Waals surface area (Å²) in [4.78, 5) is 16.4.